The number of morpholine rings is 1. The van der Waals surface area contributed by atoms with Gasteiger partial charge in [-0.1, -0.05) is 18.2 Å². The molecule has 10 nitrogen and oxygen atoms in total. The lowest BCUT2D eigenvalue weighted by molar-refractivity contribution is -0.168. The number of carbonyl (C=O) groups is 3. The number of rotatable bonds is 7. The van der Waals surface area contributed by atoms with E-state index in [1.807, 2.05) is 45.2 Å². The van der Waals surface area contributed by atoms with Gasteiger partial charge < -0.3 is 34.3 Å². The molecule has 2 aromatic carbocycles. The van der Waals surface area contributed by atoms with Gasteiger partial charge >= 0.3 is 6.09 Å². The van der Waals surface area contributed by atoms with E-state index in [1.165, 1.54) is 0 Å². The van der Waals surface area contributed by atoms with Gasteiger partial charge in [0.05, 0.1) is 32.2 Å². The number of H-pyrrole nitrogens is 1. The molecule has 10 heteroatoms. The summed E-state index contributed by atoms with van der Waals surface area (Å²) in [5.41, 5.74) is 2.09. The summed E-state index contributed by atoms with van der Waals surface area (Å²) >= 11 is 0. The van der Waals surface area contributed by atoms with E-state index in [-0.39, 0.29) is 30.8 Å². The molecule has 2 saturated heterocycles. The lowest BCUT2D eigenvalue weighted by Crippen LogP contribution is -2.59. The Kier molecular flexibility index (Phi) is 7.71. The molecule has 2 aliphatic rings. The molecule has 0 radical (unpaired) electrons. The van der Waals surface area contributed by atoms with Gasteiger partial charge in [0.25, 0.3) is 5.91 Å². The van der Waals surface area contributed by atoms with E-state index >= 15 is 0 Å². The van der Waals surface area contributed by atoms with Crippen molar-refractivity contribution in [3.05, 3.63) is 60.3 Å². The molecule has 0 saturated carbocycles. The minimum Gasteiger partial charge on any atom is -0.497 e. The summed E-state index contributed by atoms with van der Waals surface area (Å²) in [4.78, 5) is 46.2. The Hall–Kier alpha value is -4.05. The van der Waals surface area contributed by atoms with Gasteiger partial charge in [-0.2, -0.15) is 0 Å². The summed E-state index contributed by atoms with van der Waals surface area (Å²) in [7, 11) is 1.57. The topological polar surface area (TPSA) is 113 Å². The highest BCUT2D eigenvalue weighted by Crippen LogP contribution is 2.30. The third-order valence-electron chi connectivity index (χ3n) is 7.23. The first-order chi connectivity index (χ1) is 19.1. The molecule has 2 fully saturated rings. The van der Waals surface area contributed by atoms with Crippen LogP contribution in [0.25, 0.3) is 10.9 Å². The van der Waals surface area contributed by atoms with Crippen molar-refractivity contribution < 1.29 is 28.6 Å². The third-order valence-corrected chi connectivity index (χ3v) is 7.23. The monoisotopic (exact) mass is 548 g/mol. The summed E-state index contributed by atoms with van der Waals surface area (Å²) < 4.78 is 16.9. The number of aromatic nitrogens is 1. The van der Waals surface area contributed by atoms with Crippen molar-refractivity contribution in [2.24, 2.45) is 0 Å². The summed E-state index contributed by atoms with van der Waals surface area (Å²) in [6, 6.07) is 14.7. The van der Waals surface area contributed by atoms with Crippen molar-refractivity contribution in [2.75, 3.05) is 32.1 Å². The maximum absolute atomic E-state index is 13.7. The van der Waals surface area contributed by atoms with Crippen LogP contribution in [-0.4, -0.2) is 83.3 Å². The number of fused-ring (bicyclic) bond motifs is 2. The van der Waals surface area contributed by atoms with E-state index < -0.39 is 23.9 Å². The minimum absolute atomic E-state index is 0.135. The van der Waals surface area contributed by atoms with Crippen LogP contribution in [0.4, 0.5) is 10.5 Å². The number of benzene rings is 2. The second-order valence-corrected chi connectivity index (χ2v) is 11.2. The second-order valence-electron chi connectivity index (χ2n) is 11.2. The van der Waals surface area contributed by atoms with Crippen LogP contribution in [0.3, 0.4) is 0 Å². The SMILES string of the molecule is COc1ccc(NC(=O)CC2OC3CN(C(=O)OC(C)(C)C)CC3N(CCc3c[nH]c4ccccc34)C2=O)cc1. The van der Waals surface area contributed by atoms with Crippen LogP contribution < -0.4 is 10.1 Å². The molecular formula is C30H36N4O6. The quantitative estimate of drug-likeness (QED) is 0.462. The number of methoxy groups -OCH3 is 1. The fourth-order valence-corrected chi connectivity index (χ4v) is 5.33. The standard InChI is InChI=1S/C30H36N4O6/c1-30(2,3)40-29(37)33-17-24-26(18-33)39-25(15-27(35)32-20-9-11-21(38-4)12-10-20)28(36)34(24)14-13-19-16-31-23-8-6-5-7-22(19)23/h5-12,16,24-26,31H,13-15,17-18H2,1-4H3,(H,32,35). The van der Waals surface area contributed by atoms with Crippen LogP contribution in [-0.2, 0) is 25.5 Å². The lowest BCUT2D eigenvalue weighted by Gasteiger charge is -2.40. The van der Waals surface area contributed by atoms with Crippen LogP contribution in [0.15, 0.2) is 54.7 Å². The zero-order valence-electron chi connectivity index (χ0n) is 23.3. The Labute approximate surface area is 233 Å². The first-order valence-electron chi connectivity index (χ1n) is 13.5. The average molecular weight is 549 g/mol. The third kappa shape index (κ3) is 6.07. The Bertz CT molecular complexity index is 1380. The molecule has 3 heterocycles. The Balaban J connectivity index is 1.32. The van der Waals surface area contributed by atoms with E-state index in [1.54, 1.807) is 41.2 Å². The molecule has 5 rings (SSSR count). The second kappa shape index (κ2) is 11.2. The normalized spacial score (nSPS) is 20.9. The maximum atomic E-state index is 13.7. The number of nitrogens with zero attached hydrogens (tertiary/aromatic N) is 2. The van der Waals surface area contributed by atoms with Gasteiger partial charge in [0.2, 0.25) is 5.91 Å². The van der Waals surface area contributed by atoms with Crippen molar-refractivity contribution in [3.63, 3.8) is 0 Å². The van der Waals surface area contributed by atoms with Gasteiger partial charge in [0.15, 0.2) is 0 Å². The number of likely N-dealkylation sites (tertiary alicyclic amines) is 1. The molecule has 3 amide bonds. The molecular weight excluding hydrogens is 512 g/mol. The van der Waals surface area contributed by atoms with Crippen molar-refractivity contribution in [3.8, 4) is 5.75 Å². The van der Waals surface area contributed by atoms with E-state index in [2.05, 4.69) is 16.4 Å². The number of para-hydroxylation sites is 1. The number of hydrogen-bond donors (Lipinski definition) is 2. The maximum Gasteiger partial charge on any atom is 0.410 e. The molecule has 3 unspecified atom stereocenters. The summed E-state index contributed by atoms with van der Waals surface area (Å²) in [5, 5.41) is 3.94. The van der Waals surface area contributed by atoms with Crippen LogP contribution in [0.2, 0.25) is 0 Å². The molecule has 3 aromatic rings. The van der Waals surface area contributed by atoms with Gasteiger partial charge in [-0.15, -0.1) is 0 Å². The van der Waals surface area contributed by atoms with Crippen LogP contribution in [0.1, 0.15) is 32.8 Å². The number of hydrogen-bond acceptors (Lipinski definition) is 6. The van der Waals surface area contributed by atoms with Gasteiger partial charge in [0, 0.05) is 35.9 Å². The van der Waals surface area contributed by atoms with E-state index in [0.717, 1.165) is 16.5 Å². The minimum atomic E-state index is -0.957. The van der Waals surface area contributed by atoms with Crippen LogP contribution in [0.5, 0.6) is 5.75 Å². The molecule has 212 valence electrons. The van der Waals surface area contributed by atoms with Gasteiger partial charge in [-0.05, 0) is 63.1 Å². The van der Waals surface area contributed by atoms with Crippen LogP contribution >= 0.6 is 0 Å². The fourth-order valence-electron chi connectivity index (χ4n) is 5.33. The molecule has 2 N–H and O–H groups in total. The molecule has 3 atom stereocenters. The highest BCUT2D eigenvalue weighted by Gasteiger charge is 2.49. The number of anilines is 1. The lowest BCUT2D eigenvalue weighted by atomic mass is 10.0. The first-order valence-corrected chi connectivity index (χ1v) is 13.5. The zero-order chi connectivity index (χ0) is 28.4. The Morgan fingerprint density at radius 3 is 2.58 bits per heavy atom. The van der Waals surface area contributed by atoms with Crippen molar-refractivity contribution >= 4 is 34.5 Å². The van der Waals surface area contributed by atoms with E-state index in [0.29, 0.717) is 30.9 Å². The number of ether oxygens (including phenoxy) is 3. The average Bonchev–Trinajstić information content (AvgIpc) is 3.53. The highest BCUT2D eigenvalue weighted by atomic mass is 16.6. The molecule has 1 aromatic heterocycles. The Morgan fingerprint density at radius 1 is 1.10 bits per heavy atom. The van der Waals surface area contributed by atoms with Crippen LogP contribution in [0, 0.1) is 0 Å². The summed E-state index contributed by atoms with van der Waals surface area (Å²) in [6.45, 7) is 6.48. The molecule has 0 spiro atoms. The van der Waals surface area contributed by atoms with Crippen molar-refractivity contribution in [1.29, 1.82) is 0 Å². The number of amides is 3. The summed E-state index contributed by atoms with van der Waals surface area (Å²) in [6.07, 6.45) is 0.630. The zero-order valence-corrected chi connectivity index (χ0v) is 23.3. The van der Waals surface area contributed by atoms with Crippen molar-refractivity contribution in [2.45, 2.75) is 57.5 Å². The smallest absolute Gasteiger partial charge is 0.410 e. The summed E-state index contributed by atoms with van der Waals surface area (Å²) in [5.74, 6) is 0.0917. The first kappa shape index (κ1) is 27.5. The molecule has 40 heavy (non-hydrogen) atoms. The van der Waals surface area contributed by atoms with Gasteiger partial charge in [0.1, 0.15) is 17.5 Å². The van der Waals surface area contributed by atoms with Gasteiger partial charge in [-0.25, -0.2) is 4.79 Å². The van der Waals surface area contributed by atoms with Gasteiger partial charge in [-0.3, -0.25) is 9.59 Å². The largest absolute Gasteiger partial charge is 0.497 e. The predicted molar refractivity (Wildman–Crippen MR) is 150 cm³/mol. The number of nitrogens with one attached hydrogen (secondary N) is 2. The Morgan fingerprint density at radius 2 is 1.85 bits per heavy atom. The molecule has 0 aliphatic carbocycles. The molecule has 0 bridgehead atoms. The molecule has 2 aliphatic heterocycles. The van der Waals surface area contributed by atoms with Crippen molar-refractivity contribution in [1.82, 2.24) is 14.8 Å². The van der Waals surface area contributed by atoms with E-state index in [4.69, 9.17) is 14.2 Å². The highest BCUT2D eigenvalue weighted by molar-refractivity contribution is 5.95. The predicted octanol–water partition coefficient (Wildman–Crippen LogP) is 3.96. The fraction of sp³-hybridized carbons (Fsp3) is 0.433. The number of carbonyl (C=O) groups excluding carboxylic acids is 3. The van der Waals surface area contributed by atoms with E-state index in [9.17, 15) is 14.4 Å². The number of aromatic amines is 1.